The minimum atomic E-state index is -4.87. The minimum Gasteiger partial charge on any atom is -0.497 e. The van der Waals surface area contributed by atoms with E-state index in [-0.39, 0.29) is 10.7 Å². The average Bonchev–Trinajstić information content (AvgIpc) is 2.30. The molecule has 8 heteroatoms. The summed E-state index contributed by atoms with van der Waals surface area (Å²) in [5, 5.41) is 2.11. The molecule has 0 radical (unpaired) electrons. The topological polar surface area (TPSA) is 64.3 Å². The number of amides is 1. The predicted molar refractivity (Wildman–Crippen MR) is 65.3 cm³/mol. The van der Waals surface area contributed by atoms with Crippen LogP contribution >= 0.6 is 11.6 Å². The van der Waals surface area contributed by atoms with Gasteiger partial charge in [0.05, 0.1) is 17.8 Å². The summed E-state index contributed by atoms with van der Waals surface area (Å²) in [6.07, 6.45) is -4.87. The summed E-state index contributed by atoms with van der Waals surface area (Å²) in [6, 6.07) is 4.19. The van der Waals surface area contributed by atoms with E-state index in [0.717, 1.165) is 0 Å². The fourth-order valence-corrected chi connectivity index (χ4v) is 1.27. The molecule has 0 aliphatic rings. The quantitative estimate of drug-likeness (QED) is 0.901. The molecule has 0 saturated heterocycles. The molecule has 0 saturated carbocycles. The molecule has 1 unspecified atom stereocenters. The second-order valence-electron chi connectivity index (χ2n) is 4.00. The molecule has 0 aromatic heterocycles. The van der Waals surface area contributed by atoms with Gasteiger partial charge in [-0.3, -0.25) is 4.79 Å². The van der Waals surface area contributed by atoms with E-state index in [0.29, 0.717) is 12.7 Å². The van der Waals surface area contributed by atoms with Crippen LogP contribution < -0.4 is 15.8 Å². The van der Waals surface area contributed by atoms with Crippen molar-refractivity contribution < 1.29 is 22.7 Å². The van der Waals surface area contributed by atoms with Crippen LogP contribution in [0.25, 0.3) is 0 Å². The highest BCUT2D eigenvalue weighted by Crippen LogP contribution is 2.31. The zero-order valence-corrected chi connectivity index (χ0v) is 10.9. The highest BCUT2D eigenvalue weighted by Gasteiger charge is 2.54. The lowest BCUT2D eigenvalue weighted by molar-refractivity contribution is -0.184. The molecule has 0 heterocycles. The number of halogens is 4. The molecule has 0 fully saturated rings. The highest BCUT2D eigenvalue weighted by atomic mass is 35.5. The van der Waals surface area contributed by atoms with Gasteiger partial charge in [-0.15, -0.1) is 0 Å². The largest absolute Gasteiger partial charge is 0.497 e. The van der Waals surface area contributed by atoms with Crippen LogP contribution in [0.1, 0.15) is 6.92 Å². The number of nitrogens with two attached hydrogens (primary N) is 1. The number of alkyl halides is 3. The third kappa shape index (κ3) is 3.30. The van der Waals surface area contributed by atoms with E-state index < -0.39 is 17.6 Å². The van der Waals surface area contributed by atoms with Crippen molar-refractivity contribution in [2.24, 2.45) is 5.73 Å². The Bertz CT molecular complexity index is 489. The van der Waals surface area contributed by atoms with Crippen molar-refractivity contribution >= 4 is 23.2 Å². The van der Waals surface area contributed by atoms with E-state index in [1.54, 1.807) is 0 Å². The Labute approximate surface area is 112 Å². The molecule has 0 spiro atoms. The van der Waals surface area contributed by atoms with Crippen molar-refractivity contribution in [2.45, 2.75) is 18.6 Å². The Kier molecular flexibility index (Phi) is 4.32. The predicted octanol–water partition coefficient (Wildman–Crippen LogP) is 2.57. The van der Waals surface area contributed by atoms with Crippen LogP contribution in [0, 0.1) is 0 Å². The number of benzene rings is 1. The summed E-state index contributed by atoms with van der Waals surface area (Å²) in [6.45, 7) is 0.580. The Hall–Kier alpha value is -1.47. The second kappa shape index (κ2) is 5.26. The Morgan fingerprint density at radius 1 is 1.42 bits per heavy atom. The van der Waals surface area contributed by atoms with Gasteiger partial charge in [-0.05, 0) is 19.1 Å². The lowest BCUT2D eigenvalue weighted by Crippen LogP contribution is -2.59. The molecule has 106 valence electrons. The molecule has 3 N–H and O–H groups in total. The Balaban J connectivity index is 3.00. The van der Waals surface area contributed by atoms with Gasteiger partial charge in [-0.2, -0.15) is 13.2 Å². The van der Waals surface area contributed by atoms with Gasteiger partial charge in [0.25, 0.3) is 5.91 Å². The zero-order valence-electron chi connectivity index (χ0n) is 10.1. The number of carbonyl (C=O) groups excluding carboxylic acids is 1. The molecular weight excluding hydrogens is 285 g/mol. The molecule has 1 atom stereocenters. The van der Waals surface area contributed by atoms with Crippen molar-refractivity contribution in [1.82, 2.24) is 0 Å². The summed E-state index contributed by atoms with van der Waals surface area (Å²) in [5.41, 5.74) is 1.97. The molecular formula is C11H12ClF3N2O2. The Morgan fingerprint density at radius 3 is 2.47 bits per heavy atom. The van der Waals surface area contributed by atoms with Gasteiger partial charge in [-0.25, -0.2) is 0 Å². The average molecular weight is 297 g/mol. The van der Waals surface area contributed by atoms with Crippen LogP contribution in [0.4, 0.5) is 18.9 Å². The minimum absolute atomic E-state index is 0.00746. The first kappa shape index (κ1) is 15.6. The van der Waals surface area contributed by atoms with E-state index in [1.807, 2.05) is 5.32 Å². The molecule has 1 amide bonds. The van der Waals surface area contributed by atoms with Gasteiger partial charge in [-0.1, -0.05) is 11.6 Å². The third-order valence-corrected chi connectivity index (χ3v) is 2.81. The maximum absolute atomic E-state index is 12.6. The number of hydrogen-bond donors (Lipinski definition) is 2. The molecule has 1 rings (SSSR count). The van der Waals surface area contributed by atoms with Crippen molar-refractivity contribution in [1.29, 1.82) is 0 Å². The van der Waals surface area contributed by atoms with Crippen LogP contribution in [-0.2, 0) is 4.79 Å². The van der Waals surface area contributed by atoms with E-state index in [1.165, 1.54) is 25.3 Å². The lowest BCUT2D eigenvalue weighted by Gasteiger charge is -2.26. The summed E-state index contributed by atoms with van der Waals surface area (Å²) >= 11 is 5.77. The molecule has 19 heavy (non-hydrogen) atoms. The fourth-order valence-electron chi connectivity index (χ4n) is 1.11. The van der Waals surface area contributed by atoms with Crippen LogP contribution in [0.5, 0.6) is 5.75 Å². The number of hydrogen-bond acceptors (Lipinski definition) is 3. The van der Waals surface area contributed by atoms with Crippen molar-refractivity contribution in [3.63, 3.8) is 0 Å². The number of carbonyl (C=O) groups is 1. The van der Waals surface area contributed by atoms with E-state index in [9.17, 15) is 18.0 Å². The standard InChI is InChI=1S/C11H12ClF3N2O2/c1-10(16,11(13,14)15)9(18)17-8-5-6(19-2)3-4-7(8)12/h3-5H,16H2,1-2H3,(H,17,18). The van der Waals surface area contributed by atoms with Gasteiger partial charge in [0.1, 0.15) is 5.75 Å². The van der Waals surface area contributed by atoms with Gasteiger partial charge >= 0.3 is 6.18 Å². The number of ether oxygens (including phenoxy) is 1. The monoisotopic (exact) mass is 296 g/mol. The van der Waals surface area contributed by atoms with Crippen molar-refractivity contribution in [2.75, 3.05) is 12.4 Å². The third-order valence-electron chi connectivity index (χ3n) is 2.48. The number of nitrogens with one attached hydrogen (secondary N) is 1. The zero-order chi connectivity index (χ0) is 14.8. The van der Waals surface area contributed by atoms with Crippen LogP contribution in [-0.4, -0.2) is 24.7 Å². The summed E-state index contributed by atoms with van der Waals surface area (Å²) in [5.74, 6) is -1.07. The number of rotatable bonds is 3. The van der Waals surface area contributed by atoms with Gasteiger partial charge in [0, 0.05) is 6.07 Å². The number of methoxy groups -OCH3 is 1. The molecule has 0 bridgehead atoms. The van der Waals surface area contributed by atoms with Gasteiger partial charge in [0.15, 0.2) is 5.54 Å². The van der Waals surface area contributed by atoms with Crippen molar-refractivity contribution in [3.05, 3.63) is 23.2 Å². The fraction of sp³-hybridized carbons (Fsp3) is 0.364. The molecule has 1 aromatic rings. The number of anilines is 1. The summed E-state index contributed by atoms with van der Waals surface area (Å²) in [7, 11) is 1.37. The first-order valence-electron chi connectivity index (χ1n) is 5.10. The Morgan fingerprint density at radius 2 is 2.00 bits per heavy atom. The first-order valence-corrected chi connectivity index (χ1v) is 5.48. The van der Waals surface area contributed by atoms with Gasteiger partial charge in [0.2, 0.25) is 0 Å². The van der Waals surface area contributed by atoms with E-state index in [2.05, 4.69) is 0 Å². The SMILES string of the molecule is COc1ccc(Cl)c(NC(=O)C(C)(N)C(F)(F)F)c1. The summed E-state index contributed by atoms with van der Waals surface area (Å²) in [4.78, 5) is 11.6. The maximum atomic E-state index is 12.6. The second-order valence-corrected chi connectivity index (χ2v) is 4.41. The van der Waals surface area contributed by atoms with Crippen LogP contribution in [0.15, 0.2) is 18.2 Å². The van der Waals surface area contributed by atoms with Crippen LogP contribution in [0.2, 0.25) is 5.02 Å². The van der Waals surface area contributed by atoms with E-state index >= 15 is 0 Å². The van der Waals surface area contributed by atoms with E-state index in [4.69, 9.17) is 22.1 Å². The first-order chi connectivity index (χ1) is 8.59. The lowest BCUT2D eigenvalue weighted by atomic mass is 10.0. The molecule has 0 aliphatic heterocycles. The summed E-state index contributed by atoms with van der Waals surface area (Å²) < 4.78 is 42.6. The van der Waals surface area contributed by atoms with Gasteiger partial charge < -0.3 is 15.8 Å². The smallest absolute Gasteiger partial charge is 0.415 e. The molecule has 4 nitrogen and oxygen atoms in total. The molecule has 1 aromatic carbocycles. The highest BCUT2D eigenvalue weighted by molar-refractivity contribution is 6.33. The van der Waals surface area contributed by atoms with Crippen LogP contribution in [0.3, 0.4) is 0 Å². The molecule has 0 aliphatic carbocycles. The van der Waals surface area contributed by atoms with Crippen molar-refractivity contribution in [3.8, 4) is 5.75 Å². The maximum Gasteiger partial charge on any atom is 0.415 e. The normalized spacial score (nSPS) is 14.7.